The summed E-state index contributed by atoms with van der Waals surface area (Å²) >= 11 is 0. The van der Waals surface area contributed by atoms with Crippen molar-refractivity contribution in [1.29, 1.82) is 0 Å². The second kappa shape index (κ2) is 5.88. The highest BCUT2D eigenvalue weighted by molar-refractivity contribution is 5.69. The normalized spacial score (nSPS) is 12.3. The Morgan fingerprint density at radius 2 is 2.00 bits per heavy atom. The van der Waals surface area contributed by atoms with Crippen molar-refractivity contribution >= 4 is 5.69 Å². The number of benzene rings is 1. The van der Waals surface area contributed by atoms with E-state index in [4.69, 9.17) is 10.5 Å². The van der Waals surface area contributed by atoms with Gasteiger partial charge in [0.15, 0.2) is 0 Å². The van der Waals surface area contributed by atoms with E-state index < -0.39 is 0 Å². The largest absolute Gasteiger partial charge is 0.394 e. The van der Waals surface area contributed by atoms with Crippen molar-refractivity contribution in [3.8, 4) is 11.3 Å². The summed E-state index contributed by atoms with van der Waals surface area (Å²) in [5.74, 6) is 0. The maximum Gasteiger partial charge on any atom is 0.290 e. The number of aryl methyl sites for hydroxylation is 1. The second-order valence-corrected chi connectivity index (χ2v) is 4.57. The highest BCUT2D eigenvalue weighted by Gasteiger charge is 2.20. The molecule has 2 N–H and O–H groups in total. The van der Waals surface area contributed by atoms with Crippen molar-refractivity contribution in [2.45, 2.75) is 20.0 Å². The first kappa shape index (κ1) is 14.3. The lowest BCUT2D eigenvalue weighted by Crippen LogP contribution is -2.26. The molecular formula is C15H19N3O2. The Morgan fingerprint density at radius 3 is 2.60 bits per heavy atom. The molecule has 5 heteroatoms. The van der Waals surface area contributed by atoms with Crippen molar-refractivity contribution in [2.75, 3.05) is 12.3 Å². The summed E-state index contributed by atoms with van der Waals surface area (Å²) in [4.78, 5) is 12.0. The Bertz CT molecular complexity index is 650. The van der Waals surface area contributed by atoms with Crippen LogP contribution < -0.4 is 11.3 Å². The smallest absolute Gasteiger partial charge is 0.290 e. The Morgan fingerprint density at radius 1 is 1.35 bits per heavy atom. The number of nitrogens with two attached hydrogens (primary N) is 1. The molecule has 0 bridgehead atoms. The lowest BCUT2D eigenvalue weighted by Gasteiger charge is -2.18. The molecule has 20 heavy (non-hydrogen) atoms. The average molecular weight is 273 g/mol. The quantitative estimate of drug-likeness (QED) is 0.926. The first-order valence-corrected chi connectivity index (χ1v) is 6.60. The van der Waals surface area contributed by atoms with Crippen LogP contribution in [-0.2, 0) is 11.8 Å². The van der Waals surface area contributed by atoms with Gasteiger partial charge in [-0.1, -0.05) is 30.3 Å². The summed E-state index contributed by atoms with van der Waals surface area (Å²) < 4.78 is 6.86. The molecule has 1 aromatic carbocycles. The standard InChI is InChI=1S/C15H19N3O2/c1-4-20-10(2)12-13(16)15(19)18(3)17-14(12)11-8-6-5-7-9-11/h5-10H,4,16H2,1-3H3. The van der Waals surface area contributed by atoms with Crippen LogP contribution in [0.1, 0.15) is 25.5 Å². The van der Waals surface area contributed by atoms with Gasteiger partial charge in [0.2, 0.25) is 0 Å². The molecule has 0 saturated carbocycles. The molecule has 0 radical (unpaired) electrons. The van der Waals surface area contributed by atoms with E-state index in [1.165, 1.54) is 4.68 Å². The molecule has 106 valence electrons. The molecule has 5 nitrogen and oxygen atoms in total. The predicted molar refractivity (Wildman–Crippen MR) is 79.4 cm³/mol. The monoisotopic (exact) mass is 273 g/mol. The summed E-state index contributed by atoms with van der Waals surface area (Å²) in [5.41, 5.74) is 8.15. The van der Waals surface area contributed by atoms with Crippen LogP contribution in [-0.4, -0.2) is 16.4 Å². The Hall–Kier alpha value is -2.14. The molecule has 0 fully saturated rings. The van der Waals surface area contributed by atoms with Gasteiger partial charge in [0.25, 0.3) is 5.56 Å². The van der Waals surface area contributed by atoms with E-state index in [2.05, 4.69) is 5.10 Å². The minimum Gasteiger partial charge on any atom is -0.394 e. The van der Waals surface area contributed by atoms with Gasteiger partial charge in [-0.2, -0.15) is 5.10 Å². The first-order chi connectivity index (χ1) is 9.56. The van der Waals surface area contributed by atoms with E-state index in [-0.39, 0.29) is 17.4 Å². The molecule has 0 aliphatic carbocycles. The molecule has 0 aliphatic heterocycles. The summed E-state index contributed by atoms with van der Waals surface area (Å²) in [6.45, 7) is 4.33. The predicted octanol–water partition coefficient (Wildman–Crippen LogP) is 2.13. The van der Waals surface area contributed by atoms with Crippen molar-refractivity contribution in [1.82, 2.24) is 9.78 Å². The molecule has 1 atom stereocenters. The third kappa shape index (κ3) is 2.58. The van der Waals surface area contributed by atoms with Gasteiger partial charge in [0.1, 0.15) is 5.69 Å². The summed E-state index contributed by atoms with van der Waals surface area (Å²) in [7, 11) is 1.60. The number of nitrogen functional groups attached to an aromatic ring is 1. The van der Waals surface area contributed by atoms with Crippen LogP contribution in [0.15, 0.2) is 35.1 Å². The van der Waals surface area contributed by atoms with Gasteiger partial charge in [-0.25, -0.2) is 4.68 Å². The zero-order valence-corrected chi connectivity index (χ0v) is 12.0. The van der Waals surface area contributed by atoms with E-state index in [1.807, 2.05) is 44.2 Å². The van der Waals surface area contributed by atoms with Crippen LogP contribution in [0.25, 0.3) is 11.3 Å². The van der Waals surface area contributed by atoms with Crippen molar-refractivity contribution < 1.29 is 4.74 Å². The Balaban J connectivity index is 2.69. The van der Waals surface area contributed by atoms with E-state index in [0.717, 1.165) is 5.56 Å². The van der Waals surface area contributed by atoms with Crippen molar-refractivity contribution in [3.63, 3.8) is 0 Å². The molecule has 2 aromatic rings. The van der Waals surface area contributed by atoms with Crippen LogP contribution in [0.4, 0.5) is 5.69 Å². The van der Waals surface area contributed by atoms with Crippen LogP contribution in [0.2, 0.25) is 0 Å². The lowest BCUT2D eigenvalue weighted by atomic mass is 10.0. The van der Waals surface area contributed by atoms with Crippen LogP contribution in [0.5, 0.6) is 0 Å². The minimum absolute atomic E-state index is 0.197. The molecule has 0 aliphatic rings. The van der Waals surface area contributed by atoms with Gasteiger partial charge in [-0.15, -0.1) is 0 Å². The number of hydrogen-bond acceptors (Lipinski definition) is 4. The van der Waals surface area contributed by atoms with E-state index in [9.17, 15) is 4.79 Å². The second-order valence-electron chi connectivity index (χ2n) is 4.57. The van der Waals surface area contributed by atoms with E-state index >= 15 is 0 Å². The van der Waals surface area contributed by atoms with Gasteiger partial charge in [0.05, 0.1) is 11.8 Å². The van der Waals surface area contributed by atoms with Gasteiger partial charge < -0.3 is 10.5 Å². The molecule has 0 amide bonds. The van der Waals surface area contributed by atoms with Crippen molar-refractivity contribution in [2.24, 2.45) is 7.05 Å². The highest BCUT2D eigenvalue weighted by atomic mass is 16.5. The van der Waals surface area contributed by atoms with Gasteiger partial charge in [-0.3, -0.25) is 4.79 Å². The lowest BCUT2D eigenvalue weighted by molar-refractivity contribution is 0.0768. The summed E-state index contributed by atoms with van der Waals surface area (Å²) in [6, 6.07) is 9.66. The number of aromatic nitrogens is 2. The maximum absolute atomic E-state index is 12.0. The number of hydrogen-bond donors (Lipinski definition) is 1. The van der Waals surface area contributed by atoms with E-state index in [1.54, 1.807) is 7.05 Å². The van der Waals surface area contributed by atoms with Crippen LogP contribution >= 0.6 is 0 Å². The molecule has 1 unspecified atom stereocenters. The fourth-order valence-electron chi connectivity index (χ4n) is 2.22. The number of rotatable bonds is 4. The van der Waals surface area contributed by atoms with E-state index in [0.29, 0.717) is 17.9 Å². The van der Waals surface area contributed by atoms with Gasteiger partial charge >= 0.3 is 0 Å². The summed E-state index contributed by atoms with van der Waals surface area (Å²) in [6.07, 6.45) is -0.281. The van der Waals surface area contributed by atoms with Gasteiger partial charge in [-0.05, 0) is 13.8 Å². The number of anilines is 1. The highest BCUT2D eigenvalue weighted by Crippen LogP contribution is 2.30. The third-order valence-corrected chi connectivity index (χ3v) is 3.19. The molecule has 0 spiro atoms. The fourth-order valence-corrected chi connectivity index (χ4v) is 2.22. The molecule has 2 rings (SSSR count). The number of ether oxygens (including phenoxy) is 1. The van der Waals surface area contributed by atoms with Crippen LogP contribution in [0, 0.1) is 0 Å². The fraction of sp³-hybridized carbons (Fsp3) is 0.333. The number of nitrogens with zero attached hydrogens (tertiary/aromatic N) is 2. The average Bonchev–Trinajstić information content (AvgIpc) is 2.45. The molecule has 1 aromatic heterocycles. The zero-order valence-electron chi connectivity index (χ0n) is 12.0. The Labute approximate surface area is 118 Å². The topological polar surface area (TPSA) is 70.1 Å². The maximum atomic E-state index is 12.0. The zero-order chi connectivity index (χ0) is 14.7. The summed E-state index contributed by atoms with van der Waals surface area (Å²) in [5, 5.41) is 4.35. The van der Waals surface area contributed by atoms with Crippen LogP contribution in [0.3, 0.4) is 0 Å². The molecule has 0 saturated heterocycles. The SMILES string of the molecule is CCOC(C)c1c(-c2ccccc2)nn(C)c(=O)c1N. The Kier molecular flexibility index (Phi) is 4.20. The molecule has 1 heterocycles. The third-order valence-electron chi connectivity index (χ3n) is 3.19. The minimum atomic E-state index is -0.300. The molecular weight excluding hydrogens is 254 g/mol. The van der Waals surface area contributed by atoms with Gasteiger partial charge in [0, 0.05) is 24.8 Å². The van der Waals surface area contributed by atoms with Crippen molar-refractivity contribution in [3.05, 3.63) is 46.2 Å². The first-order valence-electron chi connectivity index (χ1n) is 6.60.